The maximum absolute atomic E-state index is 13.4. The van der Waals surface area contributed by atoms with Crippen molar-refractivity contribution in [3.05, 3.63) is 101 Å². The second-order valence-corrected chi connectivity index (χ2v) is 7.27. The molecule has 1 amide bonds. The molecule has 6 heteroatoms. The van der Waals surface area contributed by atoms with Crippen LogP contribution in [0.15, 0.2) is 78.9 Å². The summed E-state index contributed by atoms with van der Waals surface area (Å²) in [5.41, 5.74) is 5.65. The summed E-state index contributed by atoms with van der Waals surface area (Å²) >= 11 is 0. The van der Waals surface area contributed by atoms with Crippen LogP contribution in [0.2, 0.25) is 0 Å². The molecule has 1 aromatic heterocycles. The Morgan fingerprint density at radius 2 is 1.58 bits per heavy atom. The van der Waals surface area contributed by atoms with Crippen LogP contribution in [0.5, 0.6) is 0 Å². The SMILES string of the molecule is Cc1ccc(NC(=O)c2ccc(Nc3ccc(-c4cccc(F)c4)nn3)cc2)cc1C. The monoisotopic (exact) mass is 412 g/mol. The Labute approximate surface area is 180 Å². The Morgan fingerprint density at radius 1 is 0.806 bits per heavy atom. The van der Waals surface area contributed by atoms with Crippen LogP contribution in [0.25, 0.3) is 11.3 Å². The van der Waals surface area contributed by atoms with Gasteiger partial charge in [0.25, 0.3) is 5.91 Å². The molecule has 4 rings (SSSR count). The molecule has 5 nitrogen and oxygen atoms in total. The van der Waals surface area contributed by atoms with E-state index < -0.39 is 0 Å². The van der Waals surface area contributed by atoms with Crippen molar-refractivity contribution in [1.82, 2.24) is 10.2 Å². The normalized spacial score (nSPS) is 10.5. The lowest BCUT2D eigenvalue weighted by Gasteiger charge is -2.09. The van der Waals surface area contributed by atoms with Gasteiger partial charge >= 0.3 is 0 Å². The second-order valence-electron chi connectivity index (χ2n) is 7.27. The van der Waals surface area contributed by atoms with Crippen LogP contribution < -0.4 is 10.6 Å². The van der Waals surface area contributed by atoms with Crippen molar-refractivity contribution >= 4 is 23.1 Å². The number of benzene rings is 3. The first kappa shape index (κ1) is 20.2. The van der Waals surface area contributed by atoms with E-state index in [1.54, 1.807) is 48.5 Å². The highest BCUT2D eigenvalue weighted by molar-refractivity contribution is 6.04. The van der Waals surface area contributed by atoms with Gasteiger partial charge in [0.2, 0.25) is 0 Å². The molecule has 0 spiro atoms. The smallest absolute Gasteiger partial charge is 0.255 e. The first-order valence-corrected chi connectivity index (χ1v) is 9.83. The molecule has 0 aliphatic carbocycles. The van der Waals surface area contributed by atoms with Gasteiger partial charge in [-0.05, 0) is 85.6 Å². The van der Waals surface area contributed by atoms with Gasteiger partial charge in [-0.15, -0.1) is 10.2 Å². The Hall–Kier alpha value is -4.06. The minimum absolute atomic E-state index is 0.172. The summed E-state index contributed by atoms with van der Waals surface area (Å²) in [5.74, 6) is 0.0599. The van der Waals surface area contributed by atoms with E-state index in [0.717, 1.165) is 16.9 Å². The van der Waals surface area contributed by atoms with Gasteiger partial charge in [-0.1, -0.05) is 18.2 Å². The Bertz CT molecular complexity index is 1220. The van der Waals surface area contributed by atoms with E-state index in [0.29, 0.717) is 22.6 Å². The average molecular weight is 412 g/mol. The molecular weight excluding hydrogens is 391 g/mol. The molecule has 4 aromatic rings. The summed E-state index contributed by atoms with van der Waals surface area (Å²) in [7, 11) is 0. The third-order valence-corrected chi connectivity index (χ3v) is 4.97. The van der Waals surface area contributed by atoms with Gasteiger partial charge in [0, 0.05) is 22.5 Å². The number of nitrogens with zero attached hydrogens (tertiary/aromatic N) is 2. The molecule has 0 bridgehead atoms. The van der Waals surface area contributed by atoms with Gasteiger partial charge in [0.05, 0.1) is 5.69 Å². The summed E-state index contributed by atoms with van der Waals surface area (Å²) in [5, 5.41) is 14.4. The van der Waals surface area contributed by atoms with Crippen LogP contribution in [-0.2, 0) is 0 Å². The van der Waals surface area contributed by atoms with Crippen LogP contribution in [0.4, 0.5) is 21.6 Å². The highest BCUT2D eigenvalue weighted by Gasteiger charge is 2.08. The van der Waals surface area contributed by atoms with Crippen molar-refractivity contribution < 1.29 is 9.18 Å². The third-order valence-electron chi connectivity index (χ3n) is 4.97. The van der Waals surface area contributed by atoms with Crippen LogP contribution in [0.3, 0.4) is 0 Å². The number of hydrogen-bond donors (Lipinski definition) is 2. The van der Waals surface area contributed by atoms with E-state index in [4.69, 9.17) is 0 Å². The van der Waals surface area contributed by atoms with Crippen LogP contribution in [-0.4, -0.2) is 16.1 Å². The number of carbonyl (C=O) groups is 1. The standard InChI is InChI=1S/C25H21FN4O/c1-16-6-9-22(14-17(16)2)28-25(31)18-7-10-21(11-8-18)27-24-13-12-23(29-30-24)19-4-3-5-20(26)15-19/h3-15H,1-2H3,(H,27,30)(H,28,31). The van der Waals surface area contributed by atoms with E-state index in [9.17, 15) is 9.18 Å². The fourth-order valence-corrected chi connectivity index (χ4v) is 3.08. The maximum Gasteiger partial charge on any atom is 0.255 e. The number of carbonyl (C=O) groups excluding carboxylic acids is 1. The second kappa shape index (κ2) is 8.75. The summed E-state index contributed by atoms with van der Waals surface area (Å²) in [6, 6.07) is 22.7. The first-order chi connectivity index (χ1) is 15.0. The highest BCUT2D eigenvalue weighted by atomic mass is 19.1. The maximum atomic E-state index is 13.4. The highest BCUT2D eigenvalue weighted by Crippen LogP contribution is 2.21. The van der Waals surface area contributed by atoms with Crippen molar-refractivity contribution in [2.45, 2.75) is 13.8 Å². The zero-order valence-corrected chi connectivity index (χ0v) is 17.2. The molecular formula is C25H21FN4O. The molecule has 0 saturated heterocycles. The number of hydrogen-bond acceptors (Lipinski definition) is 4. The van der Waals surface area contributed by atoms with Gasteiger partial charge in [-0.2, -0.15) is 0 Å². The molecule has 0 aliphatic rings. The molecule has 1 heterocycles. The number of rotatable bonds is 5. The molecule has 0 fully saturated rings. The fourth-order valence-electron chi connectivity index (χ4n) is 3.08. The molecule has 0 unspecified atom stereocenters. The predicted octanol–water partition coefficient (Wildman–Crippen LogP) is 5.90. The topological polar surface area (TPSA) is 66.9 Å². The lowest BCUT2D eigenvalue weighted by molar-refractivity contribution is 0.102. The van der Waals surface area contributed by atoms with Crippen molar-refractivity contribution in [2.75, 3.05) is 10.6 Å². The number of halogens is 1. The zero-order chi connectivity index (χ0) is 21.8. The van der Waals surface area contributed by atoms with Crippen molar-refractivity contribution in [3.63, 3.8) is 0 Å². The quantitative estimate of drug-likeness (QED) is 0.429. The van der Waals surface area contributed by atoms with Crippen LogP contribution in [0, 0.1) is 19.7 Å². The fraction of sp³-hybridized carbons (Fsp3) is 0.0800. The zero-order valence-electron chi connectivity index (χ0n) is 17.2. The first-order valence-electron chi connectivity index (χ1n) is 9.83. The van der Waals surface area contributed by atoms with Gasteiger partial charge < -0.3 is 10.6 Å². The Balaban J connectivity index is 1.41. The van der Waals surface area contributed by atoms with E-state index in [1.165, 1.54) is 17.7 Å². The molecule has 31 heavy (non-hydrogen) atoms. The van der Waals surface area contributed by atoms with E-state index >= 15 is 0 Å². The van der Waals surface area contributed by atoms with E-state index in [1.807, 2.05) is 32.0 Å². The van der Waals surface area contributed by atoms with Gasteiger partial charge in [-0.25, -0.2) is 4.39 Å². The Kier molecular flexibility index (Phi) is 5.71. The summed E-state index contributed by atoms with van der Waals surface area (Å²) < 4.78 is 13.4. The van der Waals surface area contributed by atoms with E-state index in [2.05, 4.69) is 20.8 Å². The number of anilines is 3. The number of aryl methyl sites for hydroxylation is 2. The largest absolute Gasteiger partial charge is 0.339 e. The molecule has 0 radical (unpaired) electrons. The van der Waals surface area contributed by atoms with Gasteiger partial charge in [0.15, 0.2) is 5.82 Å². The molecule has 3 aromatic carbocycles. The molecule has 2 N–H and O–H groups in total. The minimum atomic E-state index is -0.317. The number of aromatic nitrogens is 2. The lowest BCUT2D eigenvalue weighted by Crippen LogP contribution is -2.12. The van der Waals surface area contributed by atoms with Crippen molar-refractivity contribution in [1.29, 1.82) is 0 Å². The van der Waals surface area contributed by atoms with Crippen molar-refractivity contribution in [2.24, 2.45) is 0 Å². The number of nitrogens with one attached hydrogen (secondary N) is 2. The van der Waals surface area contributed by atoms with Crippen molar-refractivity contribution in [3.8, 4) is 11.3 Å². The van der Waals surface area contributed by atoms with Crippen LogP contribution in [0.1, 0.15) is 21.5 Å². The van der Waals surface area contributed by atoms with Crippen LogP contribution >= 0.6 is 0 Å². The van der Waals surface area contributed by atoms with E-state index in [-0.39, 0.29) is 11.7 Å². The molecule has 0 aliphatic heterocycles. The van der Waals surface area contributed by atoms with Gasteiger partial charge in [-0.3, -0.25) is 4.79 Å². The molecule has 0 saturated carbocycles. The third kappa shape index (κ3) is 4.93. The summed E-state index contributed by atoms with van der Waals surface area (Å²) in [6.45, 7) is 4.05. The summed E-state index contributed by atoms with van der Waals surface area (Å²) in [4.78, 5) is 12.5. The molecule has 154 valence electrons. The van der Waals surface area contributed by atoms with Gasteiger partial charge in [0.1, 0.15) is 5.82 Å². The lowest BCUT2D eigenvalue weighted by atomic mass is 10.1. The summed E-state index contributed by atoms with van der Waals surface area (Å²) in [6.07, 6.45) is 0. The predicted molar refractivity (Wildman–Crippen MR) is 121 cm³/mol. The Morgan fingerprint density at radius 3 is 2.26 bits per heavy atom. The molecule has 0 atom stereocenters. The average Bonchev–Trinajstić information content (AvgIpc) is 2.77. The number of amides is 1. The minimum Gasteiger partial charge on any atom is -0.339 e.